The summed E-state index contributed by atoms with van der Waals surface area (Å²) in [5.74, 6) is -1.30. The van der Waals surface area contributed by atoms with Gasteiger partial charge in [0.1, 0.15) is 0 Å². The first-order chi connectivity index (χ1) is 20.3. The zero-order valence-electron chi connectivity index (χ0n) is 24.0. The number of hydrogen-bond acceptors (Lipinski definition) is 7. The van der Waals surface area contributed by atoms with Crippen LogP contribution in [0.2, 0.25) is 10.0 Å². The van der Waals surface area contributed by atoms with E-state index in [9.17, 15) is 27.9 Å². The van der Waals surface area contributed by atoms with E-state index < -0.39 is 46.5 Å². The van der Waals surface area contributed by atoms with Gasteiger partial charge in [-0.2, -0.15) is 18.3 Å². The van der Waals surface area contributed by atoms with Crippen LogP contribution in [0.1, 0.15) is 98.5 Å². The van der Waals surface area contributed by atoms with Crippen LogP contribution in [0.4, 0.5) is 13.2 Å². The number of fused-ring (bicyclic) bond motifs is 2. The topological polar surface area (TPSA) is 107 Å². The fraction of sp³-hybridized carbons (Fsp3) is 0.655. The number of ether oxygens (including phenoxy) is 2. The fourth-order valence-corrected chi connectivity index (χ4v) is 7.69. The molecular formula is C29H35Cl2F3N4O5. The molecule has 5 rings (SSSR count). The quantitative estimate of drug-likeness (QED) is 0.324. The molecule has 3 aliphatic rings. The first-order valence-corrected chi connectivity index (χ1v) is 15.3. The van der Waals surface area contributed by atoms with E-state index in [0.29, 0.717) is 32.1 Å². The minimum absolute atomic E-state index is 0.0101. The highest BCUT2D eigenvalue weighted by Gasteiger charge is 2.50. The molecular weight excluding hydrogens is 612 g/mol. The van der Waals surface area contributed by atoms with Crippen LogP contribution in [0.5, 0.6) is 0 Å². The number of methoxy groups -OCH3 is 1. The molecule has 2 saturated heterocycles. The number of aliphatic hydroxyl groups excluding tert-OH is 1. The van der Waals surface area contributed by atoms with Crippen LogP contribution in [0.25, 0.3) is 0 Å². The Kier molecular flexibility index (Phi) is 9.06. The summed E-state index contributed by atoms with van der Waals surface area (Å²) in [6.45, 7) is 1.48. The second-order valence-corrected chi connectivity index (χ2v) is 12.7. The van der Waals surface area contributed by atoms with Gasteiger partial charge in [0.15, 0.2) is 5.69 Å². The monoisotopic (exact) mass is 646 g/mol. The Morgan fingerprint density at radius 1 is 1.14 bits per heavy atom. The molecule has 0 aromatic carbocycles. The number of aliphatic hydroxyl groups is 1. The van der Waals surface area contributed by atoms with Crippen molar-refractivity contribution in [3.8, 4) is 0 Å². The molecule has 1 saturated carbocycles. The molecule has 1 N–H and O–H groups in total. The number of aromatic nitrogens is 3. The lowest BCUT2D eigenvalue weighted by Crippen LogP contribution is -2.46. The normalized spacial score (nSPS) is 27.7. The maximum absolute atomic E-state index is 14.7. The lowest BCUT2D eigenvalue weighted by molar-refractivity contribution is -0.157. The lowest BCUT2D eigenvalue weighted by atomic mass is 9.70. The third-order valence-corrected chi connectivity index (χ3v) is 10.1. The molecule has 2 aromatic rings. The molecule has 0 spiro atoms. The highest BCUT2D eigenvalue weighted by Crippen LogP contribution is 2.47. The predicted molar refractivity (Wildman–Crippen MR) is 151 cm³/mol. The van der Waals surface area contributed by atoms with Crippen LogP contribution in [-0.2, 0) is 20.4 Å². The molecule has 2 bridgehead atoms. The lowest BCUT2D eigenvalue weighted by Gasteiger charge is -2.37. The molecule has 14 heteroatoms. The molecule has 236 valence electrons. The van der Waals surface area contributed by atoms with Crippen molar-refractivity contribution in [2.24, 2.45) is 5.41 Å². The molecule has 0 radical (unpaired) electrons. The molecule has 1 aliphatic carbocycles. The highest BCUT2D eigenvalue weighted by atomic mass is 35.5. The summed E-state index contributed by atoms with van der Waals surface area (Å²) in [5.41, 5.74) is -3.10. The first-order valence-electron chi connectivity index (χ1n) is 14.5. The van der Waals surface area contributed by atoms with E-state index >= 15 is 0 Å². The van der Waals surface area contributed by atoms with Crippen LogP contribution in [-0.4, -0.2) is 68.6 Å². The molecule has 1 unspecified atom stereocenters. The highest BCUT2D eigenvalue weighted by molar-refractivity contribution is 6.35. The van der Waals surface area contributed by atoms with Crippen LogP contribution >= 0.6 is 23.2 Å². The van der Waals surface area contributed by atoms with Gasteiger partial charge in [0.25, 0.3) is 5.91 Å². The van der Waals surface area contributed by atoms with Crippen molar-refractivity contribution in [3.05, 3.63) is 45.5 Å². The summed E-state index contributed by atoms with van der Waals surface area (Å²) in [6, 6.07) is -0.664. The number of nitrogens with zero attached hydrogens (tertiary/aromatic N) is 4. The third kappa shape index (κ3) is 6.12. The fourth-order valence-electron chi connectivity index (χ4n) is 7.08. The van der Waals surface area contributed by atoms with E-state index in [4.69, 9.17) is 32.7 Å². The van der Waals surface area contributed by atoms with E-state index in [1.165, 1.54) is 24.4 Å². The van der Waals surface area contributed by atoms with Gasteiger partial charge in [-0.15, -0.1) is 0 Å². The first kappa shape index (κ1) is 32.0. The SMILES string of the molecule is CCC1(C(=O)OC)CCC(n2ncc(C(=O)N(CC(O)c3c(Cl)cncc3Cl)C[C@]34CC[C@@H](CC3)O4)c2C(F)(F)F)CC1. The van der Waals surface area contributed by atoms with E-state index in [0.717, 1.165) is 23.7 Å². The Hall–Kier alpha value is -2.41. The van der Waals surface area contributed by atoms with Crippen LogP contribution in [0, 0.1) is 5.41 Å². The van der Waals surface area contributed by atoms with Gasteiger partial charge in [-0.05, 0) is 57.8 Å². The van der Waals surface area contributed by atoms with E-state index in [1.807, 2.05) is 6.92 Å². The molecule has 43 heavy (non-hydrogen) atoms. The zero-order chi connectivity index (χ0) is 31.2. The average molecular weight is 648 g/mol. The van der Waals surface area contributed by atoms with Gasteiger partial charge in [-0.1, -0.05) is 30.1 Å². The number of carbonyl (C=O) groups excluding carboxylic acids is 2. The van der Waals surface area contributed by atoms with Gasteiger partial charge in [0, 0.05) is 18.0 Å². The second-order valence-electron chi connectivity index (χ2n) is 11.9. The molecule has 2 aliphatic heterocycles. The Morgan fingerprint density at radius 2 is 1.77 bits per heavy atom. The summed E-state index contributed by atoms with van der Waals surface area (Å²) in [6.07, 6.45) is 1.91. The Balaban J connectivity index is 1.47. The van der Waals surface area contributed by atoms with Crippen molar-refractivity contribution in [2.45, 2.75) is 94.7 Å². The van der Waals surface area contributed by atoms with Crippen molar-refractivity contribution >= 4 is 35.1 Å². The summed E-state index contributed by atoms with van der Waals surface area (Å²) in [7, 11) is 1.31. The molecule has 2 aromatic heterocycles. The van der Waals surface area contributed by atoms with E-state index in [2.05, 4.69) is 10.1 Å². The van der Waals surface area contributed by atoms with Gasteiger partial charge in [0.2, 0.25) is 0 Å². The van der Waals surface area contributed by atoms with Gasteiger partial charge < -0.3 is 19.5 Å². The summed E-state index contributed by atoms with van der Waals surface area (Å²) in [5, 5.41) is 15.4. The maximum atomic E-state index is 14.7. The minimum atomic E-state index is -4.90. The average Bonchev–Trinajstić information content (AvgIpc) is 3.71. The summed E-state index contributed by atoms with van der Waals surface area (Å²) >= 11 is 12.5. The Morgan fingerprint density at radius 3 is 2.28 bits per heavy atom. The zero-order valence-corrected chi connectivity index (χ0v) is 25.5. The predicted octanol–water partition coefficient (Wildman–Crippen LogP) is 6.18. The number of esters is 1. The smallest absolute Gasteiger partial charge is 0.433 e. The molecule has 9 nitrogen and oxygen atoms in total. The van der Waals surface area contributed by atoms with Crippen LogP contribution < -0.4 is 0 Å². The second kappa shape index (κ2) is 12.2. The Labute approximate surface area is 257 Å². The van der Waals surface area contributed by atoms with Crippen molar-refractivity contribution in [1.29, 1.82) is 0 Å². The van der Waals surface area contributed by atoms with Gasteiger partial charge in [-0.25, -0.2) is 0 Å². The van der Waals surface area contributed by atoms with Crippen LogP contribution in [0.15, 0.2) is 18.6 Å². The molecule has 4 heterocycles. The number of pyridine rings is 1. The summed E-state index contributed by atoms with van der Waals surface area (Å²) in [4.78, 5) is 31.6. The Bertz CT molecular complexity index is 1330. The van der Waals surface area contributed by atoms with E-state index in [-0.39, 0.29) is 53.6 Å². The number of carbonyl (C=O) groups is 2. The van der Waals surface area contributed by atoms with Crippen molar-refractivity contribution in [2.75, 3.05) is 20.2 Å². The number of halogens is 5. The van der Waals surface area contributed by atoms with Crippen molar-refractivity contribution in [3.63, 3.8) is 0 Å². The minimum Gasteiger partial charge on any atom is -0.469 e. The number of alkyl halides is 3. The standard InChI is InChI=1S/C29H35Cl2F3N4O5/c1-3-27(26(41)42-2)8-4-17(5-9-27)38-24(29(32,33)34)19(12-36-38)25(40)37(16-28-10-6-18(43-28)7-11-28)15-22(39)23-20(30)13-35-14-21(23)31/h12-14,17-18,22,39H,3-11,15-16H2,1-2H3/t17?,18-,22?,27?,28-. The van der Waals surface area contributed by atoms with Crippen molar-refractivity contribution < 1.29 is 37.3 Å². The molecule has 1 atom stereocenters. The molecule has 1 amide bonds. The maximum Gasteiger partial charge on any atom is 0.433 e. The van der Waals surface area contributed by atoms with E-state index in [1.54, 1.807) is 0 Å². The largest absolute Gasteiger partial charge is 0.469 e. The third-order valence-electron chi connectivity index (χ3n) is 9.49. The van der Waals surface area contributed by atoms with Crippen LogP contribution in [0.3, 0.4) is 0 Å². The number of hydrogen-bond donors (Lipinski definition) is 1. The number of amides is 1. The van der Waals surface area contributed by atoms with Gasteiger partial charge >= 0.3 is 12.1 Å². The summed E-state index contributed by atoms with van der Waals surface area (Å²) < 4.78 is 56.1. The molecule has 3 fully saturated rings. The number of rotatable bonds is 9. The van der Waals surface area contributed by atoms with Gasteiger partial charge in [-0.3, -0.25) is 19.3 Å². The van der Waals surface area contributed by atoms with Gasteiger partial charge in [0.05, 0.1) is 71.3 Å². The van der Waals surface area contributed by atoms with Crippen molar-refractivity contribution in [1.82, 2.24) is 19.7 Å².